The predicted molar refractivity (Wildman–Crippen MR) is 46.7 cm³/mol. The molecular weight excluding hydrogens is 209 g/mol. The number of hydrogen-bond acceptors (Lipinski definition) is 2. The summed E-state index contributed by atoms with van der Waals surface area (Å²) in [4.78, 5) is 0. The average molecular weight is 218 g/mol. The van der Waals surface area contributed by atoms with Crippen LogP contribution in [0.3, 0.4) is 0 Å². The quantitative estimate of drug-likeness (QED) is 0.712. The van der Waals surface area contributed by atoms with Crippen LogP contribution in [0.1, 0.15) is 17.2 Å². The Balaban J connectivity index is 2.40. The SMILES string of the molecule is COc1ccc(C(F)(F)F)cc1[C@H]1CO1. The first kappa shape index (κ1) is 10.3. The fourth-order valence-electron chi connectivity index (χ4n) is 1.39. The molecule has 2 rings (SSSR count). The maximum absolute atomic E-state index is 12.4. The highest BCUT2D eigenvalue weighted by Gasteiger charge is 2.34. The summed E-state index contributed by atoms with van der Waals surface area (Å²) in [6.07, 6.45) is -4.57. The summed E-state index contributed by atoms with van der Waals surface area (Å²) < 4.78 is 47.1. The number of epoxide rings is 1. The van der Waals surface area contributed by atoms with Gasteiger partial charge >= 0.3 is 6.18 Å². The van der Waals surface area contributed by atoms with Crippen molar-refractivity contribution < 1.29 is 22.6 Å². The van der Waals surface area contributed by atoms with E-state index >= 15 is 0 Å². The Bertz CT molecular complexity index is 369. The van der Waals surface area contributed by atoms with Gasteiger partial charge in [-0.1, -0.05) is 0 Å². The van der Waals surface area contributed by atoms with Gasteiger partial charge in [-0.25, -0.2) is 0 Å². The van der Waals surface area contributed by atoms with Gasteiger partial charge in [0, 0.05) is 5.56 Å². The van der Waals surface area contributed by atoms with E-state index < -0.39 is 11.7 Å². The Morgan fingerprint density at radius 2 is 2.07 bits per heavy atom. The van der Waals surface area contributed by atoms with Crippen LogP contribution in [-0.4, -0.2) is 13.7 Å². The van der Waals surface area contributed by atoms with Gasteiger partial charge in [-0.15, -0.1) is 0 Å². The van der Waals surface area contributed by atoms with Crippen LogP contribution >= 0.6 is 0 Å². The molecule has 0 amide bonds. The standard InChI is InChI=1S/C10H9F3O2/c1-14-8-3-2-6(10(11,12)13)4-7(8)9-5-15-9/h2-4,9H,5H2,1H3/t9-/m1/s1. The van der Waals surface area contributed by atoms with Gasteiger partial charge in [0.05, 0.1) is 19.3 Å². The smallest absolute Gasteiger partial charge is 0.416 e. The molecule has 0 aromatic heterocycles. The van der Waals surface area contributed by atoms with E-state index in [9.17, 15) is 13.2 Å². The van der Waals surface area contributed by atoms with Crippen molar-refractivity contribution in [3.63, 3.8) is 0 Å². The van der Waals surface area contributed by atoms with Crippen molar-refractivity contribution in [2.75, 3.05) is 13.7 Å². The average Bonchev–Trinajstić information content (AvgIpc) is 2.98. The second kappa shape index (κ2) is 3.41. The predicted octanol–water partition coefficient (Wildman–Crippen LogP) is 2.79. The molecule has 1 saturated heterocycles. The minimum atomic E-state index is -4.32. The topological polar surface area (TPSA) is 21.8 Å². The first-order valence-electron chi connectivity index (χ1n) is 4.39. The molecule has 15 heavy (non-hydrogen) atoms. The first-order valence-corrected chi connectivity index (χ1v) is 4.39. The molecule has 1 aromatic rings. The number of hydrogen-bond donors (Lipinski definition) is 0. The van der Waals surface area contributed by atoms with E-state index in [0.29, 0.717) is 17.9 Å². The Labute approximate surface area is 84.6 Å². The van der Waals surface area contributed by atoms with Crippen molar-refractivity contribution in [2.24, 2.45) is 0 Å². The van der Waals surface area contributed by atoms with Crippen LogP contribution in [0.2, 0.25) is 0 Å². The van der Waals surface area contributed by atoms with E-state index in [0.717, 1.165) is 12.1 Å². The summed E-state index contributed by atoms with van der Waals surface area (Å²) in [5.41, 5.74) is -0.207. The summed E-state index contributed by atoms with van der Waals surface area (Å²) >= 11 is 0. The highest BCUT2D eigenvalue weighted by Crippen LogP contribution is 2.40. The van der Waals surface area contributed by atoms with Crippen molar-refractivity contribution in [3.05, 3.63) is 29.3 Å². The van der Waals surface area contributed by atoms with Crippen LogP contribution in [0.15, 0.2) is 18.2 Å². The molecule has 0 radical (unpaired) electrons. The lowest BCUT2D eigenvalue weighted by Crippen LogP contribution is -2.06. The lowest BCUT2D eigenvalue weighted by molar-refractivity contribution is -0.137. The Morgan fingerprint density at radius 1 is 1.40 bits per heavy atom. The number of halogens is 3. The molecule has 1 aliphatic heterocycles. The number of methoxy groups -OCH3 is 1. The van der Waals surface area contributed by atoms with Crippen LogP contribution in [0, 0.1) is 0 Å². The van der Waals surface area contributed by atoms with Crippen LogP contribution in [0.4, 0.5) is 13.2 Å². The minimum absolute atomic E-state index is 0.248. The molecular formula is C10H9F3O2. The lowest BCUT2D eigenvalue weighted by atomic mass is 10.1. The Hall–Kier alpha value is -1.23. The Kier molecular flexibility index (Phi) is 2.34. The van der Waals surface area contributed by atoms with E-state index in [2.05, 4.69) is 0 Å². The van der Waals surface area contributed by atoms with Gasteiger partial charge in [0.25, 0.3) is 0 Å². The molecule has 5 heteroatoms. The molecule has 1 fully saturated rings. The van der Waals surface area contributed by atoms with Crippen molar-refractivity contribution in [2.45, 2.75) is 12.3 Å². The zero-order valence-corrected chi connectivity index (χ0v) is 7.97. The molecule has 0 aliphatic carbocycles. The van der Waals surface area contributed by atoms with E-state index in [1.54, 1.807) is 0 Å². The number of alkyl halides is 3. The van der Waals surface area contributed by atoms with Crippen LogP contribution in [0.5, 0.6) is 5.75 Å². The summed E-state index contributed by atoms with van der Waals surface area (Å²) in [5.74, 6) is 0.436. The summed E-state index contributed by atoms with van der Waals surface area (Å²) in [6.45, 7) is 0.456. The molecule has 0 unspecified atom stereocenters. The third-order valence-electron chi connectivity index (χ3n) is 2.24. The molecule has 0 spiro atoms. The number of ether oxygens (including phenoxy) is 2. The maximum atomic E-state index is 12.4. The third kappa shape index (κ3) is 2.07. The zero-order chi connectivity index (χ0) is 11.1. The second-order valence-corrected chi connectivity index (χ2v) is 3.28. The first-order chi connectivity index (χ1) is 7.02. The van der Waals surface area contributed by atoms with Crippen molar-refractivity contribution in [1.29, 1.82) is 0 Å². The summed E-state index contributed by atoms with van der Waals surface area (Å²) in [6, 6.07) is 3.40. The van der Waals surface area contributed by atoms with E-state index in [1.807, 2.05) is 0 Å². The van der Waals surface area contributed by atoms with Crippen LogP contribution in [-0.2, 0) is 10.9 Å². The summed E-state index contributed by atoms with van der Waals surface area (Å²) in [7, 11) is 1.43. The zero-order valence-electron chi connectivity index (χ0n) is 7.97. The number of benzene rings is 1. The molecule has 1 aliphatic rings. The van der Waals surface area contributed by atoms with E-state index in [1.165, 1.54) is 13.2 Å². The Morgan fingerprint density at radius 3 is 2.53 bits per heavy atom. The fourth-order valence-corrected chi connectivity index (χ4v) is 1.39. The van der Waals surface area contributed by atoms with Crippen LogP contribution < -0.4 is 4.74 Å². The third-order valence-corrected chi connectivity index (χ3v) is 2.24. The van der Waals surface area contributed by atoms with Gasteiger partial charge in [-0.2, -0.15) is 13.2 Å². The molecule has 1 heterocycles. The molecule has 1 aromatic carbocycles. The monoisotopic (exact) mass is 218 g/mol. The van der Waals surface area contributed by atoms with E-state index in [4.69, 9.17) is 9.47 Å². The van der Waals surface area contributed by atoms with Crippen molar-refractivity contribution >= 4 is 0 Å². The van der Waals surface area contributed by atoms with Gasteiger partial charge in [0.15, 0.2) is 0 Å². The van der Waals surface area contributed by atoms with Gasteiger partial charge < -0.3 is 9.47 Å². The number of rotatable bonds is 2. The fraction of sp³-hybridized carbons (Fsp3) is 0.400. The van der Waals surface area contributed by atoms with Crippen molar-refractivity contribution in [3.8, 4) is 5.75 Å². The van der Waals surface area contributed by atoms with Gasteiger partial charge in [-0.05, 0) is 18.2 Å². The van der Waals surface area contributed by atoms with Gasteiger partial charge in [0.1, 0.15) is 11.9 Å². The largest absolute Gasteiger partial charge is 0.496 e. The lowest BCUT2D eigenvalue weighted by Gasteiger charge is -2.11. The molecule has 82 valence electrons. The van der Waals surface area contributed by atoms with Gasteiger partial charge in [0.2, 0.25) is 0 Å². The second-order valence-electron chi connectivity index (χ2n) is 3.28. The maximum Gasteiger partial charge on any atom is 0.416 e. The molecule has 0 saturated carbocycles. The van der Waals surface area contributed by atoms with Crippen LogP contribution in [0.25, 0.3) is 0 Å². The molecule has 1 atom stereocenters. The van der Waals surface area contributed by atoms with Gasteiger partial charge in [-0.3, -0.25) is 0 Å². The highest BCUT2D eigenvalue weighted by atomic mass is 19.4. The molecule has 0 N–H and O–H groups in total. The molecule has 2 nitrogen and oxygen atoms in total. The summed E-state index contributed by atoms with van der Waals surface area (Å²) in [5, 5.41) is 0. The highest BCUT2D eigenvalue weighted by molar-refractivity contribution is 5.41. The normalized spacial score (nSPS) is 20.1. The van der Waals surface area contributed by atoms with Crippen molar-refractivity contribution in [1.82, 2.24) is 0 Å². The minimum Gasteiger partial charge on any atom is -0.496 e. The molecule has 0 bridgehead atoms. The van der Waals surface area contributed by atoms with E-state index in [-0.39, 0.29) is 6.10 Å².